The van der Waals surface area contributed by atoms with Crippen LogP contribution in [0, 0.1) is 0 Å². The van der Waals surface area contributed by atoms with Crippen molar-refractivity contribution in [3.05, 3.63) is 28.2 Å². The number of nitrogens with zero attached hydrogens (tertiary/aromatic N) is 1. The van der Waals surface area contributed by atoms with Gasteiger partial charge in [0.2, 0.25) is 0 Å². The Kier molecular flexibility index (Phi) is 7.30. The zero-order valence-corrected chi connectivity index (χ0v) is 14.7. The van der Waals surface area contributed by atoms with Crippen molar-refractivity contribution < 1.29 is 14.7 Å². The summed E-state index contributed by atoms with van der Waals surface area (Å²) < 4.78 is 0. The van der Waals surface area contributed by atoms with E-state index in [-0.39, 0.29) is 6.10 Å². The molecule has 0 aromatic heterocycles. The largest absolute Gasteiger partial charge is 0.393 e. The second-order valence-corrected chi connectivity index (χ2v) is 6.60. The predicted octanol–water partition coefficient (Wildman–Crippen LogP) is 1.89. The molecule has 0 saturated carbocycles. The summed E-state index contributed by atoms with van der Waals surface area (Å²) in [7, 11) is 0. The van der Waals surface area contributed by atoms with E-state index in [0.717, 1.165) is 38.9 Å². The van der Waals surface area contributed by atoms with Crippen molar-refractivity contribution >= 4 is 40.7 Å². The first-order chi connectivity index (χ1) is 11.5. The van der Waals surface area contributed by atoms with Crippen LogP contribution in [0.1, 0.15) is 19.3 Å². The van der Waals surface area contributed by atoms with E-state index >= 15 is 0 Å². The topological polar surface area (TPSA) is 81.7 Å². The Morgan fingerprint density at radius 3 is 2.62 bits per heavy atom. The van der Waals surface area contributed by atoms with Gasteiger partial charge in [-0.25, -0.2) is 0 Å². The Morgan fingerprint density at radius 2 is 1.92 bits per heavy atom. The minimum atomic E-state index is -0.778. The average molecular weight is 374 g/mol. The number of carbonyl (C=O) groups is 2. The molecular weight excluding hydrogens is 353 g/mol. The number of aliphatic hydroxyl groups is 1. The van der Waals surface area contributed by atoms with Crippen LogP contribution in [-0.4, -0.2) is 54.1 Å². The number of carbonyl (C=O) groups excluding carboxylic acids is 2. The normalized spacial score (nSPS) is 16.0. The number of amides is 2. The summed E-state index contributed by atoms with van der Waals surface area (Å²) in [5, 5.41) is 15.2. The Morgan fingerprint density at radius 1 is 1.21 bits per heavy atom. The fraction of sp³-hybridized carbons (Fsp3) is 0.500. The smallest absolute Gasteiger partial charge is 0.313 e. The molecule has 0 bridgehead atoms. The quantitative estimate of drug-likeness (QED) is 0.543. The fourth-order valence-electron chi connectivity index (χ4n) is 2.50. The molecule has 3 N–H and O–H groups in total. The maximum absolute atomic E-state index is 11.8. The molecule has 1 fully saturated rings. The molecule has 6 nitrogen and oxygen atoms in total. The SMILES string of the molecule is O=C(NCCCN1CCC(O)CC1)C(=O)Nc1cc(Cl)ccc1Cl. The molecule has 1 aliphatic rings. The van der Waals surface area contributed by atoms with Crippen LogP contribution < -0.4 is 10.6 Å². The van der Waals surface area contributed by atoms with Gasteiger partial charge in [-0.05, 0) is 44.0 Å². The van der Waals surface area contributed by atoms with Gasteiger partial charge in [0.25, 0.3) is 0 Å². The second-order valence-electron chi connectivity index (χ2n) is 5.76. The molecule has 0 spiro atoms. The maximum Gasteiger partial charge on any atom is 0.313 e. The van der Waals surface area contributed by atoms with Gasteiger partial charge in [-0.2, -0.15) is 0 Å². The van der Waals surface area contributed by atoms with E-state index in [1.807, 2.05) is 0 Å². The number of hydrogen-bond donors (Lipinski definition) is 3. The molecule has 2 rings (SSSR count). The summed E-state index contributed by atoms with van der Waals surface area (Å²) in [5.74, 6) is -1.49. The molecule has 1 aromatic rings. The lowest BCUT2D eigenvalue weighted by atomic mass is 10.1. The number of hydrogen-bond acceptors (Lipinski definition) is 4. The molecule has 0 aliphatic carbocycles. The molecule has 8 heteroatoms. The number of anilines is 1. The number of rotatable bonds is 5. The monoisotopic (exact) mass is 373 g/mol. The number of piperidine rings is 1. The predicted molar refractivity (Wildman–Crippen MR) is 94.4 cm³/mol. The first-order valence-corrected chi connectivity index (χ1v) is 8.66. The standard InChI is InChI=1S/C16H21Cl2N3O3/c17-11-2-3-13(18)14(10-11)20-16(24)15(23)19-6-1-7-21-8-4-12(22)5-9-21/h2-3,10,12,22H,1,4-9H2,(H,19,23)(H,20,24). The summed E-state index contributed by atoms with van der Waals surface area (Å²) >= 11 is 11.8. The van der Waals surface area contributed by atoms with Gasteiger partial charge in [-0.1, -0.05) is 23.2 Å². The van der Waals surface area contributed by atoms with Gasteiger partial charge < -0.3 is 20.6 Å². The van der Waals surface area contributed by atoms with Crippen molar-refractivity contribution in [1.82, 2.24) is 10.2 Å². The Hall–Kier alpha value is -1.34. The summed E-state index contributed by atoms with van der Waals surface area (Å²) in [4.78, 5) is 25.9. The van der Waals surface area contributed by atoms with E-state index in [4.69, 9.17) is 23.2 Å². The number of aliphatic hydroxyl groups excluding tert-OH is 1. The van der Waals surface area contributed by atoms with Crippen molar-refractivity contribution in [2.45, 2.75) is 25.4 Å². The third kappa shape index (κ3) is 5.94. The number of likely N-dealkylation sites (tertiary alicyclic amines) is 1. The highest BCUT2D eigenvalue weighted by Gasteiger charge is 2.17. The van der Waals surface area contributed by atoms with Gasteiger partial charge in [-0.3, -0.25) is 9.59 Å². The van der Waals surface area contributed by atoms with Crippen LogP contribution >= 0.6 is 23.2 Å². The van der Waals surface area contributed by atoms with Gasteiger partial charge >= 0.3 is 11.8 Å². The molecule has 132 valence electrons. The number of halogens is 2. The zero-order valence-electron chi connectivity index (χ0n) is 13.2. The van der Waals surface area contributed by atoms with Crippen LogP contribution in [0.25, 0.3) is 0 Å². The first-order valence-electron chi connectivity index (χ1n) is 7.90. The lowest BCUT2D eigenvalue weighted by molar-refractivity contribution is -0.136. The Bertz CT molecular complexity index is 590. The summed E-state index contributed by atoms with van der Waals surface area (Å²) in [5.41, 5.74) is 0.302. The van der Waals surface area contributed by atoms with Crippen LogP contribution in [0.15, 0.2) is 18.2 Å². The van der Waals surface area contributed by atoms with Gasteiger partial charge in [0.15, 0.2) is 0 Å². The van der Waals surface area contributed by atoms with Crippen LogP contribution in [0.2, 0.25) is 10.0 Å². The van der Waals surface area contributed by atoms with E-state index in [0.29, 0.717) is 22.3 Å². The maximum atomic E-state index is 11.8. The van der Waals surface area contributed by atoms with E-state index in [9.17, 15) is 14.7 Å². The third-order valence-corrected chi connectivity index (χ3v) is 4.44. The molecule has 1 aliphatic heterocycles. The van der Waals surface area contributed by atoms with Crippen molar-refractivity contribution in [3.8, 4) is 0 Å². The molecule has 0 atom stereocenters. The third-order valence-electron chi connectivity index (χ3n) is 3.88. The van der Waals surface area contributed by atoms with Crippen molar-refractivity contribution in [2.75, 3.05) is 31.5 Å². The zero-order chi connectivity index (χ0) is 17.5. The van der Waals surface area contributed by atoms with Crippen molar-refractivity contribution in [3.63, 3.8) is 0 Å². The number of benzene rings is 1. The van der Waals surface area contributed by atoms with E-state index in [1.54, 1.807) is 12.1 Å². The molecule has 1 saturated heterocycles. The highest BCUT2D eigenvalue weighted by molar-refractivity contribution is 6.42. The first kappa shape index (κ1) is 19.0. The number of nitrogens with one attached hydrogen (secondary N) is 2. The van der Waals surface area contributed by atoms with E-state index in [2.05, 4.69) is 15.5 Å². The summed E-state index contributed by atoms with van der Waals surface area (Å²) in [6, 6.07) is 4.63. The van der Waals surface area contributed by atoms with Gasteiger partial charge in [0.1, 0.15) is 0 Å². The van der Waals surface area contributed by atoms with Crippen molar-refractivity contribution in [2.24, 2.45) is 0 Å². The summed E-state index contributed by atoms with van der Waals surface area (Å²) in [6.07, 6.45) is 2.13. The van der Waals surface area contributed by atoms with Gasteiger partial charge in [0, 0.05) is 24.7 Å². The summed E-state index contributed by atoms with van der Waals surface area (Å²) in [6.45, 7) is 2.97. The van der Waals surface area contributed by atoms with Gasteiger partial charge in [-0.15, -0.1) is 0 Å². The van der Waals surface area contributed by atoms with Crippen LogP contribution in [0.3, 0.4) is 0 Å². The molecule has 0 unspecified atom stereocenters. The van der Waals surface area contributed by atoms with Gasteiger partial charge in [0.05, 0.1) is 16.8 Å². The van der Waals surface area contributed by atoms with Crippen molar-refractivity contribution in [1.29, 1.82) is 0 Å². The van der Waals surface area contributed by atoms with E-state index < -0.39 is 11.8 Å². The Labute approximate surface area is 151 Å². The molecule has 1 heterocycles. The van der Waals surface area contributed by atoms with Crippen LogP contribution in [0.4, 0.5) is 5.69 Å². The highest BCUT2D eigenvalue weighted by Crippen LogP contribution is 2.25. The average Bonchev–Trinajstić information content (AvgIpc) is 2.56. The molecule has 2 amide bonds. The lowest BCUT2D eigenvalue weighted by Gasteiger charge is -2.29. The molecule has 1 aromatic carbocycles. The molecule has 0 radical (unpaired) electrons. The van der Waals surface area contributed by atoms with E-state index in [1.165, 1.54) is 6.07 Å². The van der Waals surface area contributed by atoms with Crippen LogP contribution in [-0.2, 0) is 9.59 Å². The second kappa shape index (κ2) is 9.22. The molecule has 24 heavy (non-hydrogen) atoms. The lowest BCUT2D eigenvalue weighted by Crippen LogP contribution is -2.39. The minimum Gasteiger partial charge on any atom is -0.393 e. The fourth-order valence-corrected chi connectivity index (χ4v) is 2.84. The minimum absolute atomic E-state index is 0.192. The highest BCUT2D eigenvalue weighted by atomic mass is 35.5. The molecular formula is C16H21Cl2N3O3. The van der Waals surface area contributed by atoms with Crippen LogP contribution in [0.5, 0.6) is 0 Å². The Balaban J connectivity index is 1.68.